The number of nitrogens with zero attached hydrogens (tertiary/aromatic N) is 3. The van der Waals surface area contributed by atoms with Crippen molar-refractivity contribution in [1.29, 1.82) is 0 Å². The highest BCUT2D eigenvalue weighted by Crippen LogP contribution is 2.47. The van der Waals surface area contributed by atoms with Gasteiger partial charge in [-0.2, -0.15) is 5.10 Å². The molecule has 2 aliphatic rings. The smallest absolute Gasteiger partial charge is 0.258 e. The largest absolute Gasteiger partial charge is 0.394 e. The summed E-state index contributed by atoms with van der Waals surface area (Å²) in [6.07, 6.45) is 1.47. The molecule has 3 heterocycles. The first-order chi connectivity index (χ1) is 24.1. The topological polar surface area (TPSA) is 85.5 Å². The number of hydrogen-bond donors (Lipinski definition) is 3. The van der Waals surface area contributed by atoms with Crippen molar-refractivity contribution < 1.29 is 18.3 Å². The average Bonchev–Trinajstić information content (AvgIpc) is 3.41. The molecule has 0 bridgehead atoms. The second-order valence-corrected chi connectivity index (χ2v) is 13.5. The van der Waals surface area contributed by atoms with Gasteiger partial charge >= 0.3 is 0 Å². The zero-order valence-corrected chi connectivity index (χ0v) is 28.1. The lowest BCUT2D eigenvalue weighted by Crippen LogP contribution is -2.95. The molecule has 22 radical (unpaired) electrons. The Hall–Kier alpha value is -3.31. The molecule has 2 saturated heterocycles. The lowest BCUT2D eigenvalue weighted by atomic mass is 9.24. The number of ether oxygens (including phenoxy) is 1. The van der Waals surface area contributed by atoms with Crippen LogP contribution in [0.2, 0.25) is 0 Å². The number of aromatic nitrogens is 2. The molecule has 2 fully saturated rings. The maximum Gasteiger partial charge on any atom is 0.258 e. The van der Waals surface area contributed by atoms with E-state index in [0.717, 1.165) is 16.5 Å². The van der Waals surface area contributed by atoms with E-state index in [1.807, 2.05) is 0 Å². The Bertz CT molecular complexity index is 1960. The van der Waals surface area contributed by atoms with E-state index in [9.17, 15) is 13.6 Å². The van der Waals surface area contributed by atoms with E-state index in [2.05, 4.69) is 20.8 Å². The van der Waals surface area contributed by atoms with E-state index < -0.39 is 44.1 Å². The number of carbonyl (C=O) groups is 1. The van der Waals surface area contributed by atoms with E-state index in [1.165, 1.54) is 30.3 Å². The number of H-pyrrole nitrogens is 1. The standard InChI is InChI=1S/C31H23B11F2N6O2/c32-27(33)29(36,37)50(31(40,41)42)30(38,39)28(34,35)49(27)20-2-3-21(24(14-20)45-19-5-7-52-8-6-19)26(51)46-25-22-12-15(1-4-23(22)47-48-25)9-16-10-17(43)13-18(44)11-16/h1-4,10-14,19,45H,5-9H2,(H2,46,47,48,51). The number of anilines is 3. The molecule has 0 spiro atoms. The Kier molecular flexibility index (Phi) is 9.99. The normalized spacial score (nSPS) is 20.0. The minimum atomic E-state index is -2.47. The van der Waals surface area contributed by atoms with Crippen LogP contribution in [0.15, 0.2) is 54.6 Å². The van der Waals surface area contributed by atoms with Crippen LogP contribution in [0.5, 0.6) is 0 Å². The summed E-state index contributed by atoms with van der Waals surface area (Å²) in [7, 11) is 69.8. The zero-order valence-electron chi connectivity index (χ0n) is 28.1. The molecule has 3 N–H and O–H groups in total. The molecular formula is C31H23B11F2N6O2. The number of benzene rings is 3. The summed E-state index contributed by atoms with van der Waals surface area (Å²) in [5.74, 6) is -1.72. The Balaban J connectivity index is 1.37. The fourth-order valence-corrected chi connectivity index (χ4v) is 6.84. The van der Waals surface area contributed by atoms with Crippen molar-refractivity contribution in [1.82, 2.24) is 15.1 Å². The van der Waals surface area contributed by atoms with E-state index in [1.54, 1.807) is 18.2 Å². The van der Waals surface area contributed by atoms with Gasteiger partial charge in [0.2, 0.25) is 0 Å². The summed E-state index contributed by atoms with van der Waals surface area (Å²) in [5.41, 5.74) is 2.34. The molecule has 2 aliphatic heterocycles. The van der Waals surface area contributed by atoms with Crippen LogP contribution in [0, 0.1) is 11.6 Å². The van der Waals surface area contributed by atoms with Gasteiger partial charge < -0.3 is 25.2 Å². The summed E-state index contributed by atoms with van der Waals surface area (Å²) >= 11 is 0. The predicted octanol–water partition coefficient (Wildman–Crippen LogP) is -0.523. The highest BCUT2D eigenvalue weighted by Gasteiger charge is 2.61. The highest BCUT2D eigenvalue weighted by atomic mass is 19.1. The van der Waals surface area contributed by atoms with E-state index in [-0.39, 0.29) is 29.5 Å². The SMILES string of the molecule is [B]C([B])([B])N1C([B])([B])C([B])([B])N(c2ccc(C(=O)Nc3n[nH]c4ccc(Cc5cc(F)cc(F)c5)cc34)c(NC3CCOCC3)c2)C([B])([B])C1([B])[B]. The monoisotopic (exact) mass is 670 g/mol. The minimum absolute atomic E-state index is 0.0987. The number of fused-ring (bicyclic) bond motifs is 1. The molecule has 3 aromatic carbocycles. The number of carbonyl (C=O) groups excluding carboxylic acids is 1. The third-order valence-electron chi connectivity index (χ3n) is 9.43. The predicted molar refractivity (Wildman–Crippen MR) is 208 cm³/mol. The Morgan fingerprint density at radius 3 is 2.06 bits per heavy atom. The quantitative estimate of drug-likeness (QED) is 0.220. The van der Waals surface area contributed by atoms with Crippen LogP contribution in [-0.4, -0.2) is 153 Å². The van der Waals surface area contributed by atoms with Gasteiger partial charge in [-0.05, 0) is 94.2 Å². The molecule has 0 atom stereocenters. The molecule has 21 heteroatoms. The van der Waals surface area contributed by atoms with Crippen LogP contribution >= 0.6 is 0 Å². The molecule has 52 heavy (non-hydrogen) atoms. The summed E-state index contributed by atoms with van der Waals surface area (Å²) < 4.78 is 33.2. The van der Waals surface area contributed by atoms with Crippen molar-refractivity contribution in [3.63, 3.8) is 0 Å². The van der Waals surface area contributed by atoms with Gasteiger partial charge in [0.05, 0.1) is 97.4 Å². The van der Waals surface area contributed by atoms with Crippen LogP contribution in [0.4, 0.5) is 26.0 Å². The maximum atomic E-state index is 14.0. The molecule has 0 saturated carbocycles. The van der Waals surface area contributed by atoms with Gasteiger partial charge in [0.25, 0.3) is 5.91 Å². The molecule has 6 rings (SSSR count). The van der Waals surface area contributed by atoms with Crippen LogP contribution in [-0.2, 0) is 11.2 Å². The average molecular weight is 668 g/mol. The lowest BCUT2D eigenvalue weighted by molar-refractivity contribution is 0.0904. The first-order valence-corrected chi connectivity index (χ1v) is 16.1. The summed E-state index contributed by atoms with van der Waals surface area (Å²) in [6, 6.07) is 12.9. The van der Waals surface area contributed by atoms with Gasteiger partial charge in [-0.25, -0.2) is 8.78 Å². The van der Waals surface area contributed by atoms with E-state index in [0.29, 0.717) is 53.1 Å². The Morgan fingerprint density at radius 1 is 0.846 bits per heavy atom. The minimum Gasteiger partial charge on any atom is -0.394 e. The van der Waals surface area contributed by atoms with Gasteiger partial charge in [-0.15, -0.1) is 0 Å². The van der Waals surface area contributed by atoms with E-state index >= 15 is 0 Å². The molecule has 0 unspecified atom stereocenters. The summed E-state index contributed by atoms with van der Waals surface area (Å²) in [5, 5.41) is 1.79. The van der Waals surface area contributed by atoms with Crippen molar-refractivity contribution in [3.05, 3.63) is 82.9 Å². The third kappa shape index (κ3) is 6.81. The van der Waals surface area contributed by atoms with Crippen LogP contribution < -0.4 is 15.5 Å². The van der Waals surface area contributed by atoms with E-state index in [4.69, 9.17) is 91.0 Å². The molecule has 0 aliphatic carbocycles. The molecule has 4 aromatic rings. The van der Waals surface area contributed by atoms with Crippen LogP contribution in [0.1, 0.15) is 34.3 Å². The molecule has 1 amide bonds. The van der Waals surface area contributed by atoms with Crippen LogP contribution in [0.25, 0.3) is 10.9 Å². The lowest BCUT2D eigenvalue weighted by Gasteiger charge is -2.79. The number of rotatable bonds is 8. The first kappa shape index (κ1) is 38.4. The number of halogens is 2. The number of aromatic amines is 1. The Morgan fingerprint density at radius 2 is 1.46 bits per heavy atom. The first-order valence-electron chi connectivity index (χ1n) is 16.1. The summed E-state index contributed by atoms with van der Waals surface area (Å²) in [6.45, 7) is 0.970. The maximum absolute atomic E-state index is 14.0. The second kappa shape index (κ2) is 13.5. The van der Waals surface area contributed by atoms with Crippen molar-refractivity contribution in [2.45, 2.75) is 51.9 Å². The second-order valence-electron chi connectivity index (χ2n) is 13.5. The number of piperazine rings is 1. The highest BCUT2D eigenvalue weighted by molar-refractivity contribution is 6.65. The van der Waals surface area contributed by atoms with Crippen molar-refractivity contribution in [2.24, 2.45) is 0 Å². The van der Waals surface area contributed by atoms with Gasteiger partial charge in [0.15, 0.2) is 5.82 Å². The summed E-state index contributed by atoms with van der Waals surface area (Å²) in [4.78, 5) is 15.7. The molecular weight excluding hydrogens is 645 g/mol. The number of amides is 1. The van der Waals surface area contributed by atoms with Crippen molar-refractivity contribution in [2.75, 3.05) is 28.7 Å². The van der Waals surface area contributed by atoms with Gasteiger partial charge in [0, 0.05) is 42.1 Å². The van der Waals surface area contributed by atoms with Crippen molar-refractivity contribution >= 4 is 120 Å². The Labute approximate surface area is 316 Å². The van der Waals surface area contributed by atoms with Crippen molar-refractivity contribution in [3.8, 4) is 0 Å². The van der Waals surface area contributed by atoms with Gasteiger partial charge in [-0.1, -0.05) is 11.3 Å². The van der Waals surface area contributed by atoms with Gasteiger partial charge in [-0.3, -0.25) is 9.89 Å². The van der Waals surface area contributed by atoms with Gasteiger partial charge in [0.1, 0.15) is 11.6 Å². The van der Waals surface area contributed by atoms with Crippen LogP contribution in [0.3, 0.4) is 0 Å². The third-order valence-corrected chi connectivity index (χ3v) is 9.43. The zero-order chi connectivity index (χ0) is 38.0. The molecule has 8 nitrogen and oxygen atoms in total. The number of nitrogens with one attached hydrogen (secondary N) is 3. The molecule has 1 aromatic heterocycles. The number of hydrogen-bond acceptors (Lipinski definition) is 6. The molecule has 236 valence electrons. The fraction of sp³-hybridized carbons (Fsp3) is 0.355. The fourth-order valence-electron chi connectivity index (χ4n) is 6.84.